The van der Waals surface area contributed by atoms with E-state index >= 15 is 0 Å². The minimum Gasteiger partial charge on any atom is -0.462 e. The number of carbonyl (C=O) groups excluding carboxylic acids is 2. The molecule has 0 saturated carbocycles. The van der Waals surface area contributed by atoms with Crippen LogP contribution in [0.5, 0.6) is 0 Å². The van der Waals surface area contributed by atoms with Gasteiger partial charge in [-0.1, -0.05) is 26.5 Å². The Morgan fingerprint density at radius 3 is 2.24 bits per heavy atom. The molecule has 0 aromatic heterocycles. The van der Waals surface area contributed by atoms with Gasteiger partial charge in [0.25, 0.3) is 0 Å². The molecule has 0 N–H and O–H groups in total. The minimum absolute atomic E-state index is 0.0308. The Balaban J connectivity index is 5.13. The van der Waals surface area contributed by atoms with Crippen molar-refractivity contribution in [3.8, 4) is 12.3 Å². The van der Waals surface area contributed by atoms with E-state index in [1.807, 2.05) is 20.8 Å². The monoisotopic (exact) mass is 346 g/mol. The van der Waals surface area contributed by atoms with Crippen LogP contribution in [0, 0.1) is 35.5 Å². The summed E-state index contributed by atoms with van der Waals surface area (Å²) >= 11 is 0. The summed E-state index contributed by atoms with van der Waals surface area (Å²) in [6.45, 7) is 17.0. The summed E-state index contributed by atoms with van der Waals surface area (Å²) in [6.07, 6.45) is 10.9. The molecule has 0 heterocycles. The molecular weight excluding hydrogens is 312 g/mol. The summed E-state index contributed by atoms with van der Waals surface area (Å²) in [5, 5.41) is 0. The molecule has 0 aliphatic heterocycles. The molecule has 0 fully saturated rings. The van der Waals surface area contributed by atoms with Gasteiger partial charge in [0.05, 0.1) is 5.41 Å². The predicted octanol–water partition coefficient (Wildman–Crippen LogP) is 4.97. The van der Waals surface area contributed by atoms with Gasteiger partial charge in [-0.05, 0) is 51.5 Å². The zero-order chi connectivity index (χ0) is 19.6. The summed E-state index contributed by atoms with van der Waals surface area (Å²) in [4.78, 5) is 23.8. The molecule has 0 saturated heterocycles. The van der Waals surface area contributed by atoms with E-state index in [4.69, 9.17) is 11.2 Å². The van der Waals surface area contributed by atoms with Gasteiger partial charge in [-0.15, -0.1) is 18.9 Å². The van der Waals surface area contributed by atoms with Gasteiger partial charge in [-0.3, -0.25) is 9.59 Å². The third kappa shape index (κ3) is 8.72. The molecule has 0 rings (SSSR count). The minimum atomic E-state index is -0.557. The first-order valence-electron chi connectivity index (χ1n) is 9.00. The van der Waals surface area contributed by atoms with Crippen molar-refractivity contribution in [2.45, 2.75) is 66.4 Å². The number of allylic oxidation sites excluding steroid dienone is 1. The summed E-state index contributed by atoms with van der Waals surface area (Å²) < 4.78 is 5.68. The average Bonchev–Trinajstić information content (AvgIpc) is 2.52. The van der Waals surface area contributed by atoms with Crippen molar-refractivity contribution in [1.82, 2.24) is 0 Å². The van der Waals surface area contributed by atoms with E-state index in [0.29, 0.717) is 31.6 Å². The number of rotatable bonds is 11. The molecule has 0 aliphatic carbocycles. The molecule has 0 aromatic carbocycles. The molecule has 0 spiro atoms. The molecular formula is C22H34O3. The molecule has 140 valence electrons. The highest BCUT2D eigenvalue weighted by Gasteiger charge is 2.30. The van der Waals surface area contributed by atoms with E-state index < -0.39 is 5.41 Å². The fourth-order valence-corrected chi connectivity index (χ4v) is 2.77. The maximum Gasteiger partial charge on any atom is 0.311 e. The van der Waals surface area contributed by atoms with Crippen molar-refractivity contribution in [3.63, 3.8) is 0 Å². The van der Waals surface area contributed by atoms with E-state index in [-0.39, 0.29) is 29.7 Å². The van der Waals surface area contributed by atoms with Crippen molar-refractivity contribution >= 4 is 11.8 Å². The van der Waals surface area contributed by atoms with Crippen LogP contribution in [0.2, 0.25) is 0 Å². The number of hydrogen-bond acceptors (Lipinski definition) is 3. The molecule has 0 radical (unpaired) electrons. The van der Waals surface area contributed by atoms with Gasteiger partial charge < -0.3 is 4.74 Å². The maximum atomic E-state index is 12.2. The summed E-state index contributed by atoms with van der Waals surface area (Å²) in [5.41, 5.74) is -0.557. The van der Waals surface area contributed by atoms with Crippen LogP contribution in [0.4, 0.5) is 0 Å². The lowest BCUT2D eigenvalue weighted by molar-refractivity contribution is -0.159. The highest BCUT2D eigenvalue weighted by molar-refractivity contribution is 5.88. The average molecular weight is 347 g/mol. The fourth-order valence-electron chi connectivity index (χ4n) is 2.77. The zero-order valence-corrected chi connectivity index (χ0v) is 16.5. The second kappa shape index (κ2) is 10.9. The van der Waals surface area contributed by atoms with Gasteiger partial charge in [-0.25, -0.2) is 0 Å². The van der Waals surface area contributed by atoms with Crippen molar-refractivity contribution in [3.05, 3.63) is 25.3 Å². The molecule has 25 heavy (non-hydrogen) atoms. The van der Waals surface area contributed by atoms with Gasteiger partial charge in [0, 0.05) is 18.8 Å². The Morgan fingerprint density at radius 1 is 1.24 bits per heavy atom. The standard InChI is InChI=1S/C22H34O3/c1-9-12-19(25-21(24)22(6,7)8)15-17(10-2)20(16(4)5)14-13-18(23)11-3/h2,9,11,16-17,19-20H,1,3,12-15H2,4-8H3/t17-,19?,20+/m0/s1. The molecule has 0 bridgehead atoms. The van der Waals surface area contributed by atoms with Gasteiger partial charge >= 0.3 is 5.97 Å². The highest BCUT2D eigenvalue weighted by Crippen LogP contribution is 2.31. The lowest BCUT2D eigenvalue weighted by Crippen LogP contribution is -2.31. The van der Waals surface area contributed by atoms with Crippen LogP contribution in [-0.2, 0) is 14.3 Å². The number of carbonyl (C=O) groups is 2. The normalized spacial score (nSPS) is 14.9. The van der Waals surface area contributed by atoms with Gasteiger partial charge in [0.15, 0.2) is 5.78 Å². The lowest BCUT2D eigenvalue weighted by Gasteiger charge is -2.30. The van der Waals surface area contributed by atoms with Crippen molar-refractivity contribution in [2.75, 3.05) is 0 Å². The number of ether oxygens (including phenoxy) is 1. The van der Waals surface area contributed by atoms with Crippen LogP contribution in [-0.4, -0.2) is 17.9 Å². The highest BCUT2D eigenvalue weighted by atomic mass is 16.5. The Morgan fingerprint density at radius 2 is 1.84 bits per heavy atom. The van der Waals surface area contributed by atoms with Gasteiger partial charge in [-0.2, -0.15) is 0 Å². The first kappa shape index (κ1) is 23.2. The smallest absolute Gasteiger partial charge is 0.311 e. The summed E-state index contributed by atoms with van der Waals surface area (Å²) in [7, 11) is 0. The van der Waals surface area contributed by atoms with Gasteiger partial charge in [0.2, 0.25) is 0 Å². The maximum absolute atomic E-state index is 12.2. The van der Waals surface area contributed by atoms with Crippen molar-refractivity contribution in [2.24, 2.45) is 23.2 Å². The number of terminal acetylenes is 1. The second-order valence-electron chi connectivity index (χ2n) is 7.93. The molecule has 1 unspecified atom stereocenters. The van der Waals surface area contributed by atoms with E-state index in [1.165, 1.54) is 6.08 Å². The number of hydrogen-bond donors (Lipinski definition) is 0. The largest absolute Gasteiger partial charge is 0.462 e. The lowest BCUT2D eigenvalue weighted by atomic mass is 9.77. The van der Waals surface area contributed by atoms with Crippen LogP contribution < -0.4 is 0 Å². The number of esters is 1. The SMILES string of the molecule is C#C[C@@H](CC(CC=C)OC(=O)C(C)(C)C)[C@H](CCC(=O)C=C)C(C)C. The quantitative estimate of drug-likeness (QED) is 0.230. The van der Waals surface area contributed by atoms with Crippen LogP contribution in [0.15, 0.2) is 25.3 Å². The van der Waals surface area contributed by atoms with Crippen molar-refractivity contribution < 1.29 is 14.3 Å². The van der Waals surface area contributed by atoms with Crippen LogP contribution >= 0.6 is 0 Å². The van der Waals surface area contributed by atoms with E-state index in [9.17, 15) is 9.59 Å². The first-order valence-corrected chi connectivity index (χ1v) is 9.00. The van der Waals surface area contributed by atoms with E-state index in [1.54, 1.807) is 6.08 Å². The molecule has 0 aliphatic rings. The van der Waals surface area contributed by atoms with Gasteiger partial charge in [0.1, 0.15) is 6.10 Å². The molecule has 0 amide bonds. The summed E-state index contributed by atoms with van der Waals surface area (Å²) in [5.74, 6) is 3.12. The first-order chi connectivity index (χ1) is 11.6. The Bertz CT molecular complexity index is 502. The Hall–Kier alpha value is -1.82. The fraction of sp³-hybridized carbons (Fsp3) is 0.636. The van der Waals surface area contributed by atoms with Crippen LogP contribution in [0.1, 0.15) is 60.3 Å². The predicted molar refractivity (Wildman–Crippen MR) is 104 cm³/mol. The molecule has 3 nitrogen and oxygen atoms in total. The second-order valence-corrected chi connectivity index (χ2v) is 7.93. The molecule has 0 aromatic rings. The molecule has 3 heteroatoms. The van der Waals surface area contributed by atoms with E-state index in [0.717, 1.165) is 0 Å². The third-order valence-corrected chi connectivity index (χ3v) is 4.37. The van der Waals surface area contributed by atoms with Crippen LogP contribution in [0.3, 0.4) is 0 Å². The van der Waals surface area contributed by atoms with Crippen LogP contribution in [0.25, 0.3) is 0 Å². The summed E-state index contributed by atoms with van der Waals surface area (Å²) in [6, 6.07) is 0. The number of ketones is 1. The third-order valence-electron chi connectivity index (χ3n) is 4.37. The molecule has 3 atom stereocenters. The Labute approximate surface area is 153 Å². The zero-order valence-electron chi connectivity index (χ0n) is 16.5. The van der Waals surface area contributed by atoms with Crippen molar-refractivity contribution in [1.29, 1.82) is 0 Å². The Kier molecular flexibility index (Phi) is 10.1. The topological polar surface area (TPSA) is 43.4 Å². The van der Waals surface area contributed by atoms with E-state index in [2.05, 4.69) is 32.9 Å².